The first kappa shape index (κ1) is 14.0. The molecule has 1 heteroatoms. The van der Waals surface area contributed by atoms with Gasteiger partial charge in [0.15, 0.2) is 0 Å². The summed E-state index contributed by atoms with van der Waals surface area (Å²) >= 11 is 0. The Morgan fingerprint density at radius 1 is 1.14 bits per heavy atom. The highest BCUT2D eigenvalue weighted by molar-refractivity contribution is 4.78. The molecule has 0 saturated heterocycles. The third-order valence-electron chi connectivity index (χ3n) is 3.54. The molecular weight excluding hydrogens is 170 g/mol. The molecule has 1 N–H and O–H groups in total. The van der Waals surface area contributed by atoms with E-state index in [2.05, 4.69) is 40.1 Å². The van der Waals surface area contributed by atoms with E-state index < -0.39 is 0 Å². The van der Waals surface area contributed by atoms with Gasteiger partial charge in [0.25, 0.3) is 0 Å². The smallest absolute Gasteiger partial charge is 0.000460 e. The van der Waals surface area contributed by atoms with Crippen molar-refractivity contribution in [3.8, 4) is 0 Å². The van der Waals surface area contributed by atoms with Crippen molar-refractivity contribution < 1.29 is 0 Å². The van der Waals surface area contributed by atoms with Crippen LogP contribution in [-0.2, 0) is 0 Å². The van der Waals surface area contributed by atoms with Crippen LogP contribution in [0.2, 0.25) is 0 Å². The quantitative estimate of drug-likeness (QED) is 0.626. The maximum absolute atomic E-state index is 3.35. The van der Waals surface area contributed by atoms with Crippen molar-refractivity contribution in [2.75, 3.05) is 13.6 Å². The molecule has 0 radical (unpaired) electrons. The zero-order valence-electron chi connectivity index (χ0n) is 10.8. The molecule has 0 aromatic heterocycles. The summed E-state index contributed by atoms with van der Waals surface area (Å²) in [6, 6.07) is 0. The molecule has 0 aliphatic rings. The third-order valence-corrected chi connectivity index (χ3v) is 3.54. The average Bonchev–Trinajstić information content (AvgIpc) is 2.16. The van der Waals surface area contributed by atoms with Gasteiger partial charge in [-0.3, -0.25) is 0 Å². The van der Waals surface area contributed by atoms with Gasteiger partial charge in [-0.1, -0.05) is 40.5 Å². The van der Waals surface area contributed by atoms with E-state index in [1.54, 1.807) is 0 Å². The van der Waals surface area contributed by atoms with Gasteiger partial charge in [0.2, 0.25) is 0 Å². The van der Waals surface area contributed by atoms with Crippen LogP contribution < -0.4 is 5.32 Å². The van der Waals surface area contributed by atoms with Crippen molar-refractivity contribution in [1.29, 1.82) is 0 Å². The van der Waals surface area contributed by atoms with Crippen LogP contribution in [0.25, 0.3) is 0 Å². The molecule has 0 spiro atoms. The van der Waals surface area contributed by atoms with Gasteiger partial charge in [0.05, 0.1) is 0 Å². The van der Waals surface area contributed by atoms with Crippen molar-refractivity contribution in [2.24, 2.45) is 11.3 Å². The maximum Gasteiger partial charge on any atom is 0.000460 e. The summed E-state index contributed by atoms with van der Waals surface area (Å²) in [5.41, 5.74) is 0.559. The lowest BCUT2D eigenvalue weighted by atomic mass is 9.77. The first-order chi connectivity index (χ1) is 6.60. The minimum absolute atomic E-state index is 0.559. The van der Waals surface area contributed by atoms with Gasteiger partial charge in [-0.15, -0.1) is 0 Å². The Morgan fingerprint density at radius 2 is 1.71 bits per heavy atom. The van der Waals surface area contributed by atoms with Crippen LogP contribution in [0.1, 0.15) is 59.8 Å². The minimum atomic E-state index is 0.559. The van der Waals surface area contributed by atoms with Crippen LogP contribution in [0.3, 0.4) is 0 Å². The summed E-state index contributed by atoms with van der Waals surface area (Å²) in [5.74, 6) is 0.857. The van der Waals surface area contributed by atoms with E-state index >= 15 is 0 Å². The molecule has 0 aromatic carbocycles. The fourth-order valence-corrected chi connectivity index (χ4v) is 2.20. The van der Waals surface area contributed by atoms with Crippen molar-refractivity contribution in [1.82, 2.24) is 5.32 Å². The number of hydrogen-bond acceptors (Lipinski definition) is 1. The van der Waals surface area contributed by atoms with Crippen LogP contribution in [0.4, 0.5) is 0 Å². The predicted octanol–water partition coefficient (Wildman–Crippen LogP) is 3.84. The van der Waals surface area contributed by atoms with Crippen LogP contribution in [0, 0.1) is 11.3 Å². The Hall–Kier alpha value is -0.0400. The van der Waals surface area contributed by atoms with Gasteiger partial charge in [-0.2, -0.15) is 0 Å². The zero-order chi connectivity index (χ0) is 11.0. The maximum atomic E-state index is 3.35. The fourth-order valence-electron chi connectivity index (χ4n) is 2.20. The Labute approximate surface area is 90.7 Å². The molecule has 0 amide bonds. The molecule has 0 rings (SSSR count). The van der Waals surface area contributed by atoms with E-state index in [0.717, 1.165) is 5.92 Å². The van der Waals surface area contributed by atoms with Gasteiger partial charge in [0.1, 0.15) is 0 Å². The highest BCUT2D eigenvalue weighted by Gasteiger charge is 2.24. The van der Waals surface area contributed by atoms with Gasteiger partial charge >= 0.3 is 0 Å². The molecule has 0 fully saturated rings. The number of rotatable bonds is 8. The van der Waals surface area contributed by atoms with Gasteiger partial charge in [-0.25, -0.2) is 0 Å². The van der Waals surface area contributed by atoms with Crippen molar-refractivity contribution in [3.05, 3.63) is 0 Å². The van der Waals surface area contributed by atoms with Crippen LogP contribution in [-0.4, -0.2) is 13.6 Å². The molecule has 86 valence electrons. The van der Waals surface area contributed by atoms with E-state index in [9.17, 15) is 0 Å². The Balaban J connectivity index is 3.94. The molecular formula is C13H29N. The van der Waals surface area contributed by atoms with E-state index in [1.807, 2.05) is 0 Å². The normalized spacial score (nSPS) is 12.4. The lowest BCUT2D eigenvalue weighted by Gasteiger charge is -2.32. The highest BCUT2D eigenvalue weighted by atomic mass is 14.8. The van der Waals surface area contributed by atoms with Crippen LogP contribution in [0.5, 0.6) is 0 Å². The molecule has 14 heavy (non-hydrogen) atoms. The summed E-state index contributed by atoms with van der Waals surface area (Å²) < 4.78 is 0. The zero-order valence-corrected chi connectivity index (χ0v) is 10.8. The monoisotopic (exact) mass is 199 g/mol. The SMILES string of the molecule is CCC(CC)(CCCC(C)C)CNC. The van der Waals surface area contributed by atoms with Crippen molar-refractivity contribution >= 4 is 0 Å². The molecule has 0 bridgehead atoms. The second-order valence-corrected chi connectivity index (χ2v) is 5.02. The lowest BCUT2D eigenvalue weighted by Crippen LogP contribution is -2.31. The first-order valence-electron chi connectivity index (χ1n) is 6.24. The van der Waals surface area contributed by atoms with Crippen molar-refractivity contribution in [2.45, 2.75) is 59.8 Å². The van der Waals surface area contributed by atoms with Gasteiger partial charge in [-0.05, 0) is 37.6 Å². The first-order valence-corrected chi connectivity index (χ1v) is 6.24. The molecule has 0 aromatic rings. The standard InChI is InChI=1S/C13H29N/c1-6-13(7-2,11-14-5)10-8-9-12(3)4/h12,14H,6-11H2,1-5H3. The largest absolute Gasteiger partial charge is 0.319 e. The van der Waals surface area contributed by atoms with Crippen LogP contribution in [0.15, 0.2) is 0 Å². The minimum Gasteiger partial charge on any atom is -0.319 e. The summed E-state index contributed by atoms with van der Waals surface area (Å²) in [5, 5.41) is 3.35. The van der Waals surface area contributed by atoms with Gasteiger partial charge < -0.3 is 5.32 Å². The average molecular weight is 199 g/mol. The van der Waals surface area contributed by atoms with Crippen LogP contribution >= 0.6 is 0 Å². The number of hydrogen-bond donors (Lipinski definition) is 1. The van der Waals surface area contributed by atoms with Crippen molar-refractivity contribution in [3.63, 3.8) is 0 Å². The molecule has 0 aliphatic carbocycles. The fraction of sp³-hybridized carbons (Fsp3) is 1.00. The molecule has 0 unspecified atom stereocenters. The Morgan fingerprint density at radius 3 is 2.07 bits per heavy atom. The van der Waals surface area contributed by atoms with E-state index in [0.29, 0.717) is 5.41 Å². The lowest BCUT2D eigenvalue weighted by molar-refractivity contribution is 0.222. The van der Waals surface area contributed by atoms with Gasteiger partial charge in [0, 0.05) is 6.54 Å². The summed E-state index contributed by atoms with van der Waals surface area (Å²) in [7, 11) is 2.07. The second-order valence-electron chi connectivity index (χ2n) is 5.02. The highest BCUT2D eigenvalue weighted by Crippen LogP contribution is 2.32. The summed E-state index contributed by atoms with van der Waals surface area (Å²) in [6.07, 6.45) is 6.77. The van der Waals surface area contributed by atoms with E-state index in [-0.39, 0.29) is 0 Å². The topological polar surface area (TPSA) is 12.0 Å². The summed E-state index contributed by atoms with van der Waals surface area (Å²) in [6.45, 7) is 10.5. The summed E-state index contributed by atoms with van der Waals surface area (Å²) in [4.78, 5) is 0. The molecule has 0 heterocycles. The molecule has 0 atom stereocenters. The Bertz CT molecular complexity index is 125. The van der Waals surface area contributed by atoms with E-state index in [4.69, 9.17) is 0 Å². The molecule has 0 saturated carbocycles. The Kier molecular flexibility index (Phi) is 7.26. The number of nitrogens with one attached hydrogen (secondary N) is 1. The van der Waals surface area contributed by atoms with E-state index in [1.165, 1.54) is 38.6 Å². The molecule has 1 nitrogen and oxygen atoms in total. The second kappa shape index (κ2) is 7.28. The molecule has 0 aliphatic heterocycles. The predicted molar refractivity (Wildman–Crippen MR) is 65.6 cm³/mol. The third kappa shape index (κ3) is 4.99.